The van der Waals surface area contributed by atoms with Crippen molar-refractivity contribution in [1.29, 1.82) is 0 Å². The number of hydrogen-bond donors (Lipinski definition) is 1. The molecule has 0 spiro atoms. The molecule has 1 aliphatic heterocycles. The summed E-state index contributed by atoms with van der Waals surface area (Å²) in [6.07, 6.45) is 0. The quantitative estimate of drug-likeness (QED) is 0.560. The van der Waals surface area contributed by atoms with Gasteiger partial charge in [-0.25, -0.2) is 0 Å². The Morgan fingerprint density at radius 3 is 2.37 bits per heavy atom. The van der Waals surface area contributed by atoms with Crippen molar-refractivity contribution in [2.45, 2.75) is 18.8 Å². The van der Waals surface area contributed by atoms with Crippen LogP contribution < -0.4 is 5.32 Å². The summed E-state index contributed by atoms with van der Waals surface area (Å²) in [6, 6.07) is 22.7. The normalized spacial score (nSPS) is 16.0. The van der Waals surface area contributed by atoms with Crippen LogP contribution in [0.3, 0.4) is 0 Å². The second kappa shape index (κ2) is 8.94. The lowest BCUT2D eigenvalue weighted by Crippen LogP contribution is -2.27. The molecule has 1 saturated heterocycles. The van der Waals surface area contributed by atoms with Crippen molar-refractivity contribution in [2.75, 3.05) is 11.1 Å². The van der Waals surface area contributed by atoms with Crippen molar-refractivity contribution < 1.29 is 9.59 Å². The summed E-state index contributed by atoms with van der Waals surface area (Å²) < 4.78 is 0. The molecule has 0 aromatic heterocycles. The zero-order chi connectivity index (χ0) is 21.1. The average molecular weight is 437 g/mol. The Balaban J connectivity index is 1.46. The van der Waals surface area contributed by atoms with Gasteiger partial charge in [-0.15, -0.1) is 11.8 Å². The zero-order valence-corrected chi connectivity index (χ0v) is 18.0. The number of amides is 2. The monoisotopic (exact) mass is 436 g/mol. The van der Waals surface area contributed by atoms with E-state index in [2.05, 4.69) is 5.32 Å². The van der Waals surface area contributed by atoms with Crippen molar-refractivity contribution in [1.82, 2.24) is 4.90 Å². The van der Waals surface area contributed by atoms with Crippen LogP contribution in [0.2, 0.25) is 5.02 Å². The summed E-state index contributed by atoms with van der Waals surface area (Å²) in [5.41, 5.74) is 4.53. The molecule has 1 aliphatic rings. The van der Waals surface area contributed by atoms with E-state index < -0.39 is 0 Å². The standard InChI is InChI=1S/C24H21ClN2O2S/c1-16-2-12-21(13-3-16)26-23(29)18-6-8-19(9-7-18)24-27(22(28)15-30-24)14-17-4-10-20(25)11-5-17/h2-13,24H,14-15H2,1H3,(H,26,29)/t24-/m0/s1. The summed E-state index contributed by atoms with van der Waals surface area (Å²) in [5.74, 6) is 0.410. The molecule has 30 heavy (non-hydrogen) atoms. The van der Waals surface area contributed by atoms with Gasteiger partial charge in [0.15, 0.2) is 0 Å². The average Bonchev–Trinajstić information content (AvgIpc) is 3.11. The molecule has 3 aromatic rings. The molecule has 152 valence electrons. The first-order chi connectivity index (χ1) is 14.5. The maximum absolute atomic E-state index is 12.5. The fraction of sp³-hybridized carbons (Fsp3) is 0.167. The maximum Gasteiger partial charge on any atom is 0.255 e. The zero-order valence-electron chi connectivity index (χ0n) is 16.5. The third-order valence-electron chi connectivity index (χ3n) is 5.00. The van der Waals surface area contributed by atoms with Gasteiger partial charge in [-0.2, -0.15) is 0 Å². The van der Waals surface area contributed by atoms with Crippen LogP contribution in [-0.2, 0) is 11.3 Å². The number of hydrogen-bond acceptors (Lipinski definition) is 3. The van der Waals surface area contributed by atoms with Crippen LogP contribution in [0, 0.1) is 6.92 Å². The summed E-state index contributed by atoms with van der Waals surface area (Å²) >= 11 is 7.56. The Hall–Kier alpha value is -2.76. The fourth-order valence-electron chi connectivity index (χ4n) is 3.33. The second-order valence-corrected chi connectivity index (χ2v) is 8.76. The summed E-state index contributed by atoms with van der Waals surface area (Å²) in [6.45, 7) is 2.54. The van der Waals surface area contributed by atoms with E-state index in [9.17, 15) is 9.59 Å². The van der Waals surface area contributed by atoms with Gasteiger partial charge in [0.1, 0.15) is 5.37 Å². The molecular formula is C24H21ClN2O2S. The third-order valence-corrected chi connectivity index (χ3v) is 6.51. The molecule has 4 rings (SSSR count). The first kappa shape index (κ1) is 20.5. The lowest BCUT2D eigenvalue weighted by Gasteiger charge is -2.24. The van der Waals surface area contributed by atoms with Crippen LogP contribution >= 0.6 is 23.4 Å². The molecule has 1 fully saturated rings. The lowest BCUT2D eigenvalue weighted by atomic mass is 10.1. The van der Waals surface area contributed by atoms with Gasteiger partial charge in [0.05, 0.1) is 5.75 Å². The molecule has 1 heterocycles. The number of benzene rings is 3. The fourth-order valence-corrected chi connectivity index (χ4v) is 4.64. The minimum absolute atomic E-state index is 0.0672. The Morgan fingerprint density at radius 2 is 1.70 bits per heavy atom. The number of carbonyl (C=O) groups excluding carboxylic acids is 2. The predicted molar refractivity (Wildman–Crippen MR) is 123 cm³/mol. The third kappa shape index (κ3) is 4.69. The number of anilines is 1. The van der Waals surface area contributed by atoms with Crippen LogP contribution in [0.25, 0.3) is 0 Å². The summed E-state index contributed by atoms with van der Waals surface area (Å²) in [7, 11) is 0. The van der Waals surface area contributed by atoms with Crippen LogP contribution in [0.15, 0.2) is 72.8 Å². The number of nitrogens with zero attached hydrogens (tertiary/aromatic N) is 1. The Labute approximate surface area is 185 Å². The van der Waals surface area contributed by atoms with Gasteiger partial charge in [-0.3, -0.25) is 9.59 Å². The van der Waals surface area contributed by atoms with Crippen molar-refractivity contribution in [2.24, 2.45) is 0 Å². The van der Waals surface area contributed by atoms with Gasteiger partial charge in [-0.05, 0) is 54.4 Å². The van der Waals surface area contributed by atoms with Crippen LogP contribution in [0.1, 0.15) is 32.4 Å². The van der Waals surface area contributed by atoms with Crippen LogP contribution in [0.4, 0.5) is 5.69 Å². The van der Waals surface area contributed by atoms with Crippen molar-refractivity contribution in [3.05, 3.63) is 100 Å². The molecule has 0 saturated carbocycles. The first-order valence-electron chi connectivity index (χ1n) is 9.63. The van der Waals surface area contributed by atoms with Gasteiger partial charge in [0.2, 0.25) is 5.91 Å². The van der Waals surface area contributed by atoms with E-state index >= 15 is 0 Å². The molecule has 1 atom stereocenters. The molecule has 0 bridgehead atoms. The molecule has 6 heteroatoms. The summed E-state index contributed by atoms with van der Waals surface area (Å²) in [4.78, 5) is 26.8. The number of nitrogens with one attached hydrogen (secondary N) is 1. The molecule has 4 nitrogen and oxygen atoms in total. The SMILES string of the molecule is Cc1ccc(NC(=O)c2ccc([C@@H]3SCC(=O)N3Cc3ccc(Cl)cc3)cc2)cc1. The number of aryl methyl sites for hydroxylation is 1. The predicted octanol–water partition coefficient (Wildman–Crippen LogP) is 5.67. The molecule has 2 amide bonds. The molecule has 0 aliphatic carbocycles. The molecule has 0 radical (unpaired) electrons. The van der Waals surface area contributed by atoms with Gasteiger partial charge >= 0.3 is 0 Å². The van der Waals surface area contributed by atoms with Crippen molar-refractivity contribution in [3.8, 4) is 0 Å². The number of thioether (sulfide) groups is 1. The Bertz CT molecular complexity index is 1050. The molecule has 0 unspecified atom stereocenters. The van der Waals surface area contributed by atoms with E-state index in [4.69, 9.17) is 11.6 Å². The van der Waals surface area contributed by atoms with Crippen LogP contribution in [0.5, 0.6) is 0 Å². The van der Waals surface area contributed by atoms with E-state index in [1.165, 1.54) is 0 Å². The van der Waals surface area contributed by atoms with E-state index in [-0.39, 0.29) is 17.2 Å². The topological polar surface area (TPSA) is 49.4 Å². The highest BCUT2D eigenvalue weighted by Gasteiger charge is 2.32. The van der Waals surface area contributed by atoms with Crippen molar-refractivity contribution >= 4 is 40.9 Å². The number of carbonyl (C=O) groups is 2. The van der Waals surface area contributed by atoms with Gasteiger partial charge in [0.25, 0.3) is 5.91 Å². The smallest absolute Gasteiger partial charge is 0.255 e. The maximum atomic E-state index is 12.5. The van der Waals surface area contributed by atoms with Gasteiger partial charge in [-0.1, -0.05) is 53.6 Å². The Morgan fingerprint density at radius 1 is 1.03 bits per heavy atom. The Kier molecular flexibility index (Phi) is 6.11. The van der Waals surface area contributed by atoms with Crippen LogP contribution in [-0.4, -0.2) is 22.5 Å². The first-order valence-corrected chi connectivity index (χ1v) is 11.1. The summed E-state index contributed by atoms with van der Waals surface area (Å²) in [5, 5.41) is 3.52. The number of rotatable bonds is 5. The largest absolute Gasteiger partial charge is 0.322 e. The van der Waals surface area contributed by atoms with Crippen molar-refractivity contribution in [3.63, 3.8) is 0 Å². The van der Waals surface area contributed by atoms with Gasteiger partial charge < -0.3 is 10.2 Å². The van der Waals surface area contributed by atoms with E-state index in [1.807, 2.05) is 84.6 Å². The highest BCUT2D eigenvalue weighted by Crippen LogP contribution is 2.39. The van der Waals surface area contributed by atoms with E-state index in [1.54, 1.807) is 11.8 Å². The minimum Gasteiger partial charge on any atom is -0.322 e. The van der Waals surface area contributed by atoms with Gasteiger partial charge in [0, 0.05) is 22.8 Å². The van der Waals surface area contributed by atoms with E-state index in [0.29, 0.717) is 22.9 Å². The highest BCUT2D eigenvalue weighted by atomic mass is 35.5. The number of halogens is 1. The highest BCUT2D eigenvalue weighted by molar-refractivity contribution is 8.00. The second-order valence-electron chi connectivity index (χ2n) is 7.25. The molecular weight excluding hydrogens is 416 g/mol. The van der Waals surface area contributed by atoms with E-state index in [0.717, 1.165) is 22.4 Å². The minimum atomic E-state index is -0.154. The lowest BCUT2D eigenvalue weighted by molar-refractivity contribution is -0.128. The molecule has 3 aromatic carbocycles. The molecule has 1 N–H and O–H groups in total.